The van der Waals surface area contributed by atoms with Crippen molar-refractivity contribution in [2.24, 2.45) is 0 Å². The lowest BCUT2D eigenvalue weighted by Crippen LogP contribution is -2.63. The SMILES string of the molecule is C[Si](C)(C)CCOCn1c(CSC2CCOCC2)nc2cc(OCCN3CCN(C4CN(c5ccc([N+](=O)[O-])cc5)C4)CC3)cc(F)c2c1=O. The van der Waals surface area contributed by atoms with Crippen molar-refractivity contribution >= 4 is 42.1 Å². The first-order valence-electron chi connectivity index (χ1n) is 17.6. The van der Waals surface area contributed by atoms with E-state index < -0.39 is 19.5 Å². The Bertz CT molecular complexity index is 1670. The average Bonchev–Trinajstić information content (AvgIpc) is 3.06. The van der Waals surface area contributed by atoms with Gasteiger partial charge in [0.1, 0.15) is 36.1 Å². The Balaban J connectivity index is 1.02. The molecular formula is C35H49FN6O6SSi. The minimum atomic E-state index is -1.31. The number of aromatic nitrogens is 2. The highest BCUT2D eigenvalue weighted by Crippen LogP contribution is 2.28. The van der Waals surface area contributed by atoms with Crippen molar-refractivity contribution in [3.8, 4) is 5.75 Å². The number of anilines is 1. The van der Waals surface area contributed by atoms with Gasteiger partial charge >= 0.3 is 0 Å². The molecule has 3 saturated heterocycles. The van der Waals surface area contributed by atoms with E-state index in [2.05, 4.69) is 34.3 Å². The number of halogens is 1. The summed E-state index contributed by atoms with van der Waals surface area (Å²) in [7, 11) is -1.31. The third-order valence-corrected chi connectivity index (χ3v) is 12.9. The molecule has 50 heavy (non-hydrogen) atoms. The van der Waals surface area contributed by atoms with E-state index in [4.69, 9.17) is 19.2 Å². The summed E-state index contributed by atoms with van der Waals surface area (Å²) in [5, 5.41) is 11.3. The molecule has 0 saturated carbocycles. The van der Waals surface area contributed by atoms with E-state index in [1.165, 1.54) is 10.6 Å². The summed E-state index contributed by atoms with van der Waals surface area (Å²) in [6.07, 6.45) is 1.92. The van der Waals surface area contributed by atoms with Crippen molar-refractivity contribution < 1.29 is 23.5 Å². The van der Waals surface area contributed by atoms with Crippen LogP contribution in [0.15, 0.2) is 41.2 Å². The predicted octanol–water partition coefficient (Wildman–Crippen LogP) is 5.05. The summed E-state index contributed by atoms with van der Waals surface area (Å²) >= 11 is 1.76. The zero-order valence-corrected chi connectivity index (χ0v) is 31.2. The van der Waals surface area contributed by atoms with Crippen LogP contribution in [0.5, 0.6) is 5.75 Å². The van der Waals surface area contributed by atoms with E-state index in [-0.39, 0.29) is 22.7 Å². The Kier molecular flexibility index (Phi) is 12.1. The molecule has 0 atom stereocenters. The molecule has 0 aliphatic carbocycles. The fourth-order valence-corrected chi connectivity index (χ4v) is 8.43. The maximum atomic E-state index is 15.5. The van der Waals surface area contributed by atoms with Gasteiger partial charge in [0.2, 0.25) is 0 Å². The summed E-state index contributed by atoms with van der Waals surface area (Å²) in [6, 6.07) is 11.2. The minimum Gasteiger partial charge on any atom is -0.492 e. The number of piperazine rings is 1. The number of rotatable bonds is 15. The fourth-order valence-electron chi connectivity index (χ4n) is 6.54. The zero-order valence-electron chi connectivity index (χ0n) is 29.4. The normalized spacial score (nSPS) is 18.4. The highest BCUT2D eigenvalue weighted by molar-refractivity contribution is 7.99. The van der Waals surface area contributed by atoms with Gasteiger partial charge in [0.05, 0.1) is 16.2 Å². The summed E-state index contributed by atoms with van der Waals surface area (Å²) in [4.78, 5) is 36.2. The Hall–Kier alpha value is -3.08. The van der Waals surface area contributed by atoms with Crippen molar-refractivity contribution in [3.63, 3.8) is 0 Å². The Morgan fingerprint density at radius 2 is 1.78 bits per heavy atom. The van der Waals surface area contributed by atoms with E-state index in [0.29, 0.717) is 53.9 Å². The van der Waals surface area contributed by atoms with Crippen LogP contribution in [0.25, 0.3) is 10.9 Å². The Labute approximate surface area is 298 Å². The molecule has 0 radical (unpaired) electrons. The van der Waals surface area contributed by atoms with Gasteiger partial charge in [-0.3, -0.25) is 29.3 Å². The van der Waals surface area contributed by atoms with Gasteiger partial charge in [-0.15, -0.1) is 0 Å². The molecular weight excluding hydrogens is 680 g/mol. The van der Waals surface area contributed by atoms with Crippen LogP contribution in [0.3, 0.4) is 0 Å². The lowest BCUT2D eigenvalue weighted by Gasteiger charge is -2.49. The van der Waals surface area contributed by atoms with Crippen LogP contribution in [0.2, 0.25) is 25.7 Å². The van der Waals surface area contributed by atoms with Gasteiger partial charge in [-0.25, -0.2) is 9.37 Å². The molecule has 1 aromatic heterocycles. The van der Waals surface area contributed by atoms with Crippen LogP contribution in [0.4, 0.5) is 15.8 Å². The largest absolute Gasteiger partial charge is 0.492 e. The van der Waals surface area contributed by atoms with Crippen LogP contribution in [-0.2, 0) is 22.0 Å². The molecule has 0 amide bonds. The molecule has 15 heteroatoms. The predicted molar refractivity (Wildman–Crippen MR) is 198 cm³/mol. The second-order valence-corrected chi connectivity index (χ2v) is 21.5. The molecule has 3 aromatic rings. The molecule has 0 spiro atoms. The Morgan fingerprint density at radius 1 is 1.06 bits per heavy atom. The van der Waals surface area contributed by atoms with E-state index in [0.717, 1.165) is 77.1 Å². The molecule has 3 aliphatic rings. The number of nitro groups is 1. The van der Waals surface area contributed by atoms with E-state index in [9.17, 15) is 14.9 Å². The number of nitro benzene ring substituents is 1. The van der Waals surface area contributed by atoms with E-state index >= 15 is 4.39 Å². The third kappa shape index (κ3) is 9.42. The minimum absolute atomic E-state index is 0.0368. The summed E-state index contributed by atoms with van der Waals surface area (Å²) in [5.74, 6) is 0.852. The maximum absolute atomic E-state index is 15.5. The zero-order chi connectivity index (χ0) is 35.3. The van der Waals surface area contributed by atoms with Crippen molar-refractivity contribution in [2.45, 2.75) is 62.3 Å². The van der Waals surface area contributed by atoms with Gasteiger partial charge in [0.15, 0.2) is 0 Å². The highest BCUT2D eigenvalue weighted by atomic mass is 32.2. The topological polar surface area (TPSA) is 115 Å². The molecule has 3 aliphatic heterocycles. The number of nitrogens with zero attached hydrogens (tertiary/aromatic N) is 6. The number of non-ortho nitro benzene ring substituents is 1. The standard InChI is InChI=1S/C35H49FN6O6SSi/c1-50(2,3)19-18-47-25-41-33(24-49-30-8-15-46-16-9-30)37-32-21-29(20-31(36)34(32)35(41)43)48-17-14-38-10-12-39(13-11-38)28-22-40(23-28)26-4-6-27(7-5-26)42(44)45/h4-7,20-21,28,30H,8-19,22-25H2,1-3H3. The smallest absolute Gasteiger partial charge is 0.269 e. The molecule has 0 bridgehead atoms. The lowest BCUT2D eigenvalue weighted by molar-refractivity contribution is -0.384. The number of thioether (sulfide) groups is 1. The van der Waals surface area contributed by atoms with Crippen LogP contribution in [0, 0.1) is 15.9 Å². The molecule has 0 N–H and O–H groups in total. The average molecular weight is 729 g/mol. The van der Waals surface area contributed by atoms with Gasteiger partial charge in [0.25, 0.3) is 11.2 Å². The summed E-state index contributed by atoms with van der Waals surface area (Å²) in [6.45, 7) is 15.6. The van der Waals surface area contributed by atoms with Crippen molar-refractivity contribution in [2.75, 3.05) is 77.1 Å². The van der Waals surface area contributed by atoms with Gasteiger partial charge in [0, 0.05) is 115 Å². The fraction of sp³-hybridized carbons (Fsp3) is 0.600. The number of ether oxygens (including phenoxy) is 3. The Morgan fingerprint density at radius 3 is 2.46 bits per heavy atom. The summed E-state index contributed by atoms with van der Waals surface area (Å²) < 4.78 is 34.5. The first kappa shape index (κ1) is 36.7. The molecule has 12 nitrogen and oxygen atoms in total. The van der Waals surface area contributed by atoms with Crippen molar-refractivity contribution in [3.05, 3.63) is 68.5 Å². The first-order chi connectivity index (χ1) is 24.0. The van der Waals surface area contributed by atoms with Gasteiger partial charge in [-0.2, -0.15) is 11.8 Å². The maximum Gasteiger partial charge on any atom is 0.269 e. The third-order valence-electron chi connectivity index (χ3n) is 9.78. The number of hydrogen-bond donors (Lipinski definition) is 0. The molecule has 0 unspecified atom stereocenters. The highest BCUT2D eigenvalue weighted by Gasteiger charge is 2.33. The number of benzene rings is 2. The quantitative estimate of drug-likeness (QED) is 0.0907. The number of fused-ring (bicyclic) bond motifs is 1. The molecule has 6 rings (SSSR count). The molecule has 272 valence electrons. The second kappa shape index (κ2) is 16.5. The number of hydrogen-bond acceptors (Lipinski definition) is 11. The van der Waals surface area contributed by atoms with Crippen molar-refractivity contribution in [1.29, 1.82) is 0 Å². The van der Waals surface area contributed by atoms with E-state index in [1.54, 1.807) is 30.0 Å². The van der Waals surface area contributed by atoms with Crippen LogP contribution in [-0.4, -0.2) is 116 Å². The van der Waals surface area contributed by atoms with Crippen molar-refractivity contribution in [1.82, 2.24) is 19.4 Å². The van der Waals surface area contributed by atoms with Gasteiger partial charge in [-0.1, -0.05) is 19.6 Å². The van der Waals surface area contributed by atoms with Crippen LogP contribution >= 0.6 is 11.8 Å². The second-order valence-electron chi connectivity index (χ2n) is 14.6. The van der Waals surface area contributed by atoms with Crippen LogP contribution < -0.4 is 15.2 Å². The molecule has 3 fully saturated rings. The van der Waals surface area contributed by atoms with Gasteiger partial charge in [-0.05, 0) is 31.0 Å². The molecule has 4 heterocycles. The molecule has 2 aromatic carbocycles. The lowest BCUT2D eigenvalue weighted by atomic mass is 10.0. The van der Waals surface area contributed by atoms with E-state index in [1.807, 2.05) is 12.1 Å². The summed E-state index contributed by atoms with van der Waals surface area (Å²) in [5.41, 5.74) is 1.01. The van der Waals surface area contributed by atoms with Crippen LogP contribution in [0.1, 0.15) is 18.7 Å². The van der Waals surface area contributed by atoms with Gasteiger partial charge < -0.3 is 19.1 Å². The monoisotopic (exact) mass is 728 g/mol. The first-order valence-corrected chi connectivity index (χ1v) is 22.4.